The molecule has 1 aliphatic carbocycles. The fourth-order valence-electron chi connectivity index (χ4n) is 4.38. The van der Waals surface area contributed by atoms with Crippen molar-refractivity contribution in [2.24, 2.45) is 5.92 Å². The van der Waals surface area contributed by atoms with Gasteiger partial charge in [0, 0.05) is 12.1 Å². The second kappa shape index (κ2) is 6.64. The van der Waals surface area contributed by atoms with Gasteiger partial charge in [-0.1, -0.05) is 13.3 Å². The molecule has 0 bridgehead atoms. The van der Waals surface area contributed by atoms with Crippen molar-refractivity contribution in [2.75, 3.05) is 0 Å². The Balaban J connectivity index is 1.46. The topological polar surface area (TPSA) is 91.9 Å². The Morgan fingerprint density at radius 2 is 2.07 bits per heavy atom. The minimum atomic E-state index is 0.124. The molecule has 7 heteroatoms. The Kier molecular flexibility index (Phi) is 3.97. The number of hydrogen-bond donors (Lipinski definition) is 1. The number of fused-ring (bicyclic) bond motifs is 3. The van der Waals surface area contributed by atoms with Crippen molar-refractivity contribution in [3.8, 4) is 11.8 Å². The van der Waals surface area contributed by atoms with E-state index in [0.29, 0.717) is 11.5 Å². The number of rotatable bonds is 4. The van der Waals surface area contributed by atoms with Crippen molar-refractivity contribution in [3.05, 3.63) is 54.1 Å². The highest BCUT2D eigenvalue weighted by Crippen LogP contribution is 2.42. The zero-order valence-corrected chi connectivity index (χ0v) is 15.5. The minimum Gasteiger partial charge on any atom is -0.490 e. The van der Waals surface area contributed by atoms with Gasteiger partial charge in [-0.15, -0.1) is 10.2 Å². The van der Waals surface area contributed by atoms with Gasteiger partial charge in [0.25, 0.3) is 0 Å². The van der Waals surface area contributed by atoms with Crippen molar-refractivity contribution in [3.63, 3.8) is 0 Å². The van der Waals surface area contributed by atoms with Gasteiger partial charge in [-0.05, 0) is 49.1 Å². The average molecular weight is 372 g/mol. The highest BCUT2D eigenvalue weighted by molar-refractivity contribution is 5.74. The summed E-state index contributed by atoms with van der Waals surface area (Å²) in [5, 5.41) is 17.8. The maximum atomic E-state index is 8.95. The Hall–Kier alpha value is -3.40. The van der Waals surface area contributed by atoms with Crippen LogP contribution in [0.15, 0.2) is 42.7 Å². The van der Waals surface area contributed by atoms with Crippen LogP contribution in [0.2, 0.25) is 0 Å². The third-order valence-electron chi connectivity index (χ3n) is 5.76. The second-order valence-corrected chi connectivity index (χ2v) is 7.34. The van der Waals surface area contributed by atoms with Crippen molar-refractivity contribution in [2.45, 2.75) is 38.2 Å². The molecule has 0 saturated heterocycles. The molecular weight excluding hydrogens is 352 g/mol. The van der Waals surface area contributed by atoms with Crippen LogP contribution in [0.25, 0.3) is 16.8 Å². The van der Waals surface area contributed by atoms with Crippen LogP contribution in [0.1, 0.15) is 43.5 Å². The van der Waals surface area contributed by atoms with Crippen molar-refractivity contribution in [1.82, 2.24) is 24.6 Å². The first kappa shape index (κ1) is 16.8. The van der Waals surface area contributed by atoms with E-state index in [4.69, 9.17) is 10.00 Å². The van der Waals surface area contributed by atoms with Crippen LogP contribution in [-0.2, 0) is 0 Å². The zero-order valence-electron chi connectivity index (χ0n) is 15.5. The molecule has 3 atom stereocenters. The largest absolute Gasteiger partial charge is 0.490 e. The molecule has 0 aliphatic heterocycles. The first-order chi connectivity index (χ1) is 13.8. The fraction of sp³-hybridized carbons (Fsp3) is 0.333. The predicted molar refractivity (Wildman–Crippen MR) is 104 cm³/mol. The van der Waals surface area contributed by atoms with Gasteiger partial charge >= 0.3 is 0 Å². The van der Waals surface area contributed by atoms with Crippen LogP contribution in [0.3, 0.4) is 0 Å². The number of nitriles is 1. The molecule has 140 valence electrons. The molecule has 0 radical (unpaired) electrons. The molecule has 0 amide bonds. The number of nitrogens with zero attached hydrogens (tertiary/aromatic N) is 5. The lowest BCUT2D eigenvalue weighted by molar-refractivity contribution is 0.203. The number of aromatic amines is 1. The first-order valence-corrected chi connectivity index (χ1v) is 9.60. The number of benzene rings is 1. The summed E-state index contributed by atoms with van der Waals surface area (Å²) in [6.45, 7) is 2.22. The molecule has 4 aromatic rings. The Bertz CT molecular complexity index is 1170. The lowest BCUT2D eigenvalue weighted by Gasteiger charge is -2.15. The van der Waals surface area contributed by atoms with Gasteiger partial charge < -0.3 is 9.72 Å². The monoisotopic (exact) mass is 372 g/mol. The number of ether oxygens (including phenoxy) is 1. The van der Waals surface area contributed by atoms with Gasteiger partial charge in [0.15, 0.2) is 11.3 Å². The molecule has 0 spiro atoms. The summed E-state index contributed by atoms with van der Waals surface area (Å²) in [5.41, 5.74) is 3.25. The van der Waals surface area contributed by atoms with Crippen LogP contribution in [0, 0.1) is 17.2 Å². The van der Waals surface area contributed by atoms with Gasteiger partial charge in [0.05, 0.1) is 29.5 Å². The van der Waals surface area contributed by atoms with E-state index in [9.17, 15) is 0 Å². The van der Waals surface area contributed by atoms with Gasteiger partial charge in [0.1, 0.15) is 11.6 Å². The summed E-state index contributed by atoms with van der Waals surface area (Å²) < 4.78 is 8.36. The van der Waals surface area contributed by atoms with Crippen molar-refractivity contribution < 1.29 is 4.74 Å². The van der Waals surface area contributed by atoms with E-state index in [0.717, 1.165) is 47.6 Å². The molecule has 28 heavy (non-hydrogen) atoms. The Morgan fingerprint density at radius 1 is 1.21 bits per heavy atom. The third-order valence-corrected chi connectivity index (χ3v) is 5.76. The van der Waals surface area contributed by atoms with Gasteiger partial charge in [-0.25, -0.2) is 4.98 Å². The van der Waals surface area contributed by atoms with Crippen LogP contribution in [0.5, 0.6) is 5.75 Å². The lowest BCUT2D eigenvalue weighted by atomic mass is 9.93. The van der Waals surface area contributed by atoms with Crippen LogP contribution >= 0.6 is 0 Å². The fourth-order valence-corrected chi connectivity index (χ4v) is 4.38. The van der Waals surface area contributed by atoms with Gasteiger partial charge in [0.2, 0.25) is 0 Å². The van der Waals surface area contributed by atoms with E-state index < -0.39 is 0 Å². The molecule has 3 unspecified atom stereocenters. The molecule has 1 fully saturated rings. The molecule has 7 nitrogen and oxygen atoms in total. The number of aromatic nitrogens is 5. The highest BCUT2D eigenvalue weighted by Gasteiger charge is 2.38. The van der Waals surface area contributed by atoms with Crippen molar-refractivity contribution in [1.29, 1.82) is 5.26 Å². The quantitative estimate of drug-likeness (QED) is 0.588. The molecule has 1 aromatic carbocycles. The molecule has 5 rings (SSSR count). The average Bonchev–Trinajstić information content (AvgIpc) is 3.45. The van der Waals surface area contributed by atoms with E-state index in [1.54, 1.807) is 18.3 Å². The lowest BCUT2D eigenvalue weighted by Crippen LogP contribution is -2.12. The number of H-pyrrole nitrogens is 1. The van der Waals surface area contributed by atoms with Crippen molar-refractivity contribution >= 4 is 16.8 Å². The number of nitrogens with one attached hydrogen (secondary N) is 1. The van der Waals surface area contributed by atoms with E-state index in [1.807, 2.05) is 24.4 Å². The maximum absolute atomic E-state index is 8.95. The molecular formula is C21H20N6O. The zero-order chi connectivity index (χ0) is 19.1. The van der Waals surface area contributed by atoms with Crippen LogP contribution in [0.4, 0.5) is 0 Å². The summed E-state index contributed by atoms with van der Waals surface area (Å²) in [6.07, 6.45) is 6.72. The number of hydrogen-bond acceptors (Lipinski definition) is 5. The predicted octanol–water partition coefficient (Wildman–Crippen LogP) is 3.83. The minimum absolute atomic E-state index is 0.124. The molecule has 3 heterocycles. The SMILES string of the molecule is CCC1CC(Oc2ccc(C#N)cc2)CC1c1nnc2cnc3[nH]ccc3n12. The molecule has 1 saturated carbocycles. The standard InChI is InChI=1S/C21H20N6O/c1-2-14-9-16(28-15-5-3-13(11-22)4-6-15)10-17(14)21-26-25-19-12-24-20-18(27(19)21)7-8-23-20/h3-8,12,14,16-17,23H,2,9-10H2,1H3. The molecule has 3 aromatic heterocycles. The second-order valence-electron chi connectivity index (χ2n) is 7.34. The summed E-state index contributed by atoms with van der Waals surface area (Å²) in [4.78, 5) is 7.57. The summed E-state index contributed by atoms with van der Waals surface area (Å²) in [7, 11) is 0. The third kappa shape index (κ3) is 2.69. The Labute approximate surface area is 162 Å². The summed E-state index contributed by atoms with van der Waals surface area (Å²) in [5.74, 6) is 2.56. The smallest absolute Gasteiger partial charge is 0.179 e. The van der Waals surface area contributed by atoms with E-state index in [1.165, 1.54) is 0 Å². The molecule has 1 aliphatic rings. The first-order valence-electron chi connectivity index (χ1n) is 9.60. The van der Waals surface area contributed by atoms with Gasteiger partial charge in [-0.2, -0.15) is 5.26 Å². The Morgan fingerprint density at radius 3 is 2.86 bits per heavy atom. The van der Waals surface area contributed by atoms with E-state index in [2.05, 4.69) is 37.6 Å². The van der Waals surface area contributed by atoms with Gasteiger partial charge in [-0.3, -0.25) is 4.40 Å². The molecule has 1 N–H and O–H groups in total. The van der Waals surface area contributed by atoms with E-state index >= 15 is 0 Å². The summed E-state index contributed by atoms with van der Waals surface area (Å²) in [6, 6.07) is 11.5. The van der Waals surface area contributed by atoms with Crippen LogP contribution < -0.4 is 4.74 Å². The maximum Gasteiger partial charge on any atom is 0.179 e. The normalized spacial score (nSPS) is 21.9. The van der Waals surface area contributed by atoms with E-state index in [-0.39, 0.29) is 12.0 Å². The highest BCUT2D eigenvalue weighted by atomic mass is 16.5. The summed E-state index contributed by atoms with van der Waals surface area (Å²) >= 11 is 0. The van der Waals surface area contributed by atoms with Crippen LogP contribution in [-0.4, -0.2) is 30.7 Å².